The lowest BCUT2D eigenvalue weighted by Gasteiger charge is -2.22. The smallest absolute Gasteiger partial charge is 0.334 e. The van der Waals surface area contributed by atoms with Gasteiger partial charge in [-0.3, -0.25) is 4.79 Å². The normalized spacial score (nSPS) is 31.5. The van der Waals surface area contributed by atoms with Crippen molar-refractivity contribution in [2.75, 3.05) is 13.1 Å². The summed E-state index contributed by atoms with van der Waals surface area (Å²) >= 11 is 0. The molecule has 15 heavy (non-hydrogen) atoms. The number of nitrogens with zero attached hydrogens (tertiary/aromatic N) is 1. The molecule has 0 radical (unpaired) electrons. The number of halogens is 3. The zero-order chi connectivity index (χ0) is 11.1. The predicted molar refractivity (Wildman–Crippen MR) is 48.1 cm³/mol. The largest absolute Gasteiger partial charge is 0.471 e. The van der Waals surface area contributed by atoms with Gasteiger partial charge in [-0.15, -0.1) is 0 Å². The summed E-state index contributed by atoms with van der Waals surface area (Å²) in [6, 6.07) is 0. The lowest BCUT2D eigenvalue weighted by atomic mass is 9.82. The van der Waals surface area contributed by atoms with Gasteiger partial charge in [0.25, 0.3) is 0 Å². The molecule has 0 N–H and O–H groups in total. The third-order valence-electron chi connectivity index (χ3n) is 3.51. The molecule has 1 saturated heterocycles. The second kappa shape index (κ2) is 3.68. The Morgan fingerprint density at radius 2 is 1.53 bits per heavy atom. The highest BCUT2D eigenvalue weighted by Gasteiger charge is 2.47. The fourth-order valence-corrected chi connectivity index (χ4v) is 2.75. The van der Waals surface area contributed by atoms with Crippen molar-refractivity contribution in [3.63, 3.8) is 0 Å². The van der Waals surface area contributed by atoms with E-state index >= 15 is 0 Å². The molecule has 2 aliphatic rings. The minimum absolute atomic E-state index is 0.309. The maximum absolute atomic E-state index is 12.2. The van der Waals surface area contributed by atoms with Crippen molar-refractivity contribution in [3.05, 3.63) is 0 Å². The molecular weight excluding hydrogens is 207 g/mol. The van der Waals surface area contributed by atoms with Crippen LogP contribution in [0.3, 0.4) is 0 Å². The van der Waals surface area contributed by atoms with Crippen LogP contribution in [-0.4, -0.2) is 30.1 Å². The third kappa shape index (κ3) is 2.11. The first kappa shape index (κ1) is 10.8. The number of rotatable bonds is 0. The van der Waals surface area contributed by atoms with Gasteiger partial charge in [0, 0.05) is 13.1 Å². The van der Waals surface area contributed by atoms with E-state index in [9.17, 15) is 18.0 Å². The summed E-state index contributed by atoms with van der Waals surface area (Å²) in [4.78, 5) is 12.0. The summed E-state index contributed by atoms with van der Waals surface area (Å²) in [5.41, 5.74) is 0. The zero-order valence-corrected chi connectivity index (χ0v) is 8.39. The molecule has 5 heteroatoms. The molecule has 0 spiro atoms. The van der Waals surface area contributed by atoms with E-state index in [1.54, 1.807) is 0 Å². The van der Waals surface area contributed by atoms with Gasteiger partial charge in [0.15, 0.2) is 0 Å². The number of carbonyl (C=O) groups excluding carboxylic acids is 1. The Morgan fingerprint density at radius 1 is 1.07 bits per heavy atom. The first-order chi connectivity index (χ1) is 6.98. The van der Waals surface area contributed by atoms with Gasteiger partial charge in [0.1, 0.15) is 0 Å². The van der Waals surface area contributed by atoms with Crippen LogP contribution in [0, 0.1) is 11.8 Å². The van der Waals surface area contributed by atoms with Crippen LogP contribution in [-0.2, 0) is 4.79 Å². The second-order valence-corrected chi connectivity index (χ2v) is 4.51. The Labute approximate surface area is 86.4 Å². The van der Waals surface area contributed by atoms with Crippen molar-refractivity contribution in [1.29, 1.82) is 0 Å². The zero-order valence-electron chi connectivity index (χ0n) is 8.39. The average Bonchev–Trinajstić information content (AvgIpc) is 2.58. The lowest BCUT2D eigenvalue weighted by Crippen LogP contribution is -2.39. The van der Waals surface area contributed by atoms with Crippen LogP contribution >= 0.6 is 0 Å². The highest BCUT2D eigenvalue weighted by Crippen LogP contribution is 2.37. The molecule has 2 fully saturated rings. The number of alkyl halides is 3. The molecule has 1 saturated carbocycles. The first-order valence-corrected chi connectivity index (χ1v) is 5.34. The number of carbonyl (C=O) groups is 1. The van der Waals surface area contributed by atoms with Crippen LogP contribution in [0.2, 0.25) is 0 Å². The van der Waals surface area contributed by atoms with Crippen LogP contribution in [0.4, 0.5) is 13.2 Å². The number of amides is 1. The maximum atomic E-state index is 12.2. The third-order valence-corrected chi connectivity index (χ3v) is 3.51. The van der Waals surface area contributed by atoms with Crippen LogP contribution in [0.25, 0.3) is 0 Å². The molecule has 1 heterocycles. The number of likely N-dealkylation sites (tertiary alicyclic amines) is 1. The van der Waals surface area contributed by atoms with E-state index in [1.807, 2.05) is 0 Å². The summed E-state index contributed by atoms with van der Waals surface area (Å²) < 4.78 is 36.6. The highest BCUT2D eigenvalue weighted by atomic mass is 19.4. The fourth-order valence-electron chi connectivity index (χ4n) is 2.75. The number of fused-ring (bicyclic) bond motifs is 1. The maximum Gasteiger partial charge on any atom is 0.471 e. The molecular formula is C10H14F3NO. The van der Waals surface area contributed by atoms with Crippen molar-refractivity contribution in [3.8, 4) is 0 Å². The van der Waals surface area contributed by atoms with Gasteiger partial charge >= 0.3 is 12.1 Å². The molecule has 2 rings (SSSR count). The molecule has 0 bridgehead atoms. The summed E-state index contributed by atoms with van der Waals surface area (Å²) in [5, 5.41) is 0. The molecule has 1 amide bonds. The van der Waals surface area contributed by atoms with E-state index in [2.05, 4.69) is 0 Å². The predicted octanol–water partition coefficient (Wildman–Crippen LogP) is 2.20. The standard InChI is InChI=1S/C10H14F3NO/c11-10(12,13)9(15)14-5-7-3-1-2-4-8(7)6-14/h7-8H,1-6H2. The van der Waals surface area contributed by atoms with Gasteiger partial charge in [-0.05, 0) is 24.7 Å². The summed E-state index contributed by atoms with van der Waals surface area (Å²) in [5.74, 6) is -1.04. The van der Waals surface area contributed by atoms with E-state index < -0.39 is 12.1 Å². The molecule has 0 aromatic carbocycles. The van der Waals surface area contributed by atoms with Gasteiger partial charge in [0.2, 0.25) is 0 Å². The first-order valence-electron chi connectivity index (χ1n) is 5.34. The Bertz CT molecular complexity index is 250. The Kier molecular flexibility index (Phi) is 2.64. The monoisotopic (exact) mass is 221 g/mol. The minimum atomic E-state index is -4.70. The fraction of sp³-hybridized carbons (Fsp3) is 0.900. The van der Waals surface area contributed by atoms with Crippen LogP contribution in [0.1, 0.15) is 25.7 Å². The van der Waals surface area contributed by atoms with E-state index in [0.29, 0.717) is 24.9 Å². The Hall–Kier alpha value is -0.740. The van der Waals surface area contributed by atoms with Crippen LogP contribution in [0.5, 0.6) is 0 Å². The molecule has 1 aliphatic carbocycles. The molecule has 1 aliphatic heterocycles. The van der Waals surface area contributed by atoms with Crippen molar-refractivity contribution >= 4 is 5.91 Å². The van der Waals surface area contributed by atoms with E-state index in [1.165, 1.54) is 0 Å². The van der Waals surface area contributed by atoms with Crippen molar-refractivity contribution in [2.45, 2.75) is 31.9 Å². The van der Waals surface area contributed by atoms with Crippen LogP contribution < -0.4 is 0 Å². The number of hydrogen-bond donors (Lipinski definition) is 0. The van der Waals surface area contributed by atoms with Gasteiger partial charge in [-0.1, -0.05) is 12.8 Å². The van der Waals surface area contributed by atoms with Gasteiger partial charge in [0.05, 0.1) is 0 Å². The van der Waals surface area contributed by atoms with Crippen molar-refractivity contribution < 1.29 is 18.0 Å². The summed E-state index contributed by atoms with van der Waals surface area (Å²) in [7, 11) is 0. The molecule has 0 aromatic rings. The molecule has 0 aromatic heterocycles. The second-order valence-electron chi connectivity index (χ2n) is 4.51. The van der Waals surface area contributed by atoms with Crippen molar-refractivity contribution in [1.82, 2.24) is 4.90 Å². The summed E-state index contributed by atoms with van der Waals surface area (Å²) in [6.45, 7) is 0.617. The molecule has 2 atom stereocenters. The quantitative estimate of drug-likeness (QED) is 0.614. The van der Waals surface area contributed by atoms with Gasteiger partial charge in [-0.2, -0.15) is 13.2 Å². The Morgan fingerprint density at radius 3 is 1.93 bits per heavy atom. The molecule has 2 unspecified atom stereocenters. The van der Waals surface area contributed by atoms with E-state index in [-0.39, 0.29) is 0 Å². The number of hydrogen-bond acceptors (Lipinski definition) is 1. The van der Waals surface area contributed by atoms with Crippen molar-refractivity contribution in [2.24, 2.45) is 11.8 Å². The SMILES string of the molecule is O=C(N1CC2CCCCC2C1)C(F)(F)F. The minimum Gasteiger partial charge on any atom is -0.334 e. The van der Waals surface area contributed by atoms with Gasteiger partial charge in [-0.25, -0.2) is 0 Å². The Balaban J connectivity index is 2.00. The van der Waals surface area contributed by atoms with E-state index in [4.69, 9.17) is 0 Å². The van der Waals surface area contributed by atoms with E-state index in [0.717, 1.165) is 30.6 Å². The lowest BCUT2D eigenvalue weighted by molar-refractivity contribution is -0.184. The van der Waals surface area contributed by atoms with Gasteiger partial charge < -0.3 is 4.90 Å². The molecule has 2 nitrogen and oxygen atoms in total. The molecule has 86 valence electrons. The van der Waals surface area contributed by atoms with Crippen LogP contribution in [0.15, 0.2) is 0 Å². The average molecular weight is 221 g/mol. The summed E-state index contributed by atoms with van der Waals surface area (Å²) in [6.07, 6.45) is -0.559. The topological polar surface area (TPSA) is 20.3 Å². The highest BCUT2D eigenvalue weighted by molar-refractivity contribution is 5.82.